The van der Waals surface area contributed by atoms with E-state index < -0.39 is 5.97 Å². The van der Waals surface area contributed by atoms with Crippen LogP contribution in [0.25, 0.3) is 10.6 Å². The van der Waals surface area contributed by atoms with Crippen molar-refractivity contribution >= 4 is 17.3 Å². The molecule has 0 spiro atoms. The summed E-state index contributed by atoms with van der Waals surface area (Å²) in [6, 6.07) is 15.9. The highest BCUT2D eigenvalue weighted by atomic mass is 32.1. The van der Waals surface area contributed by atoms with Crippen LogP contribution in [0.15, 0.2) is 60.1 Å². The second-order valence-corrected chi connectivity index (χ2v) is 8.47. The molecule has 162 valence electrons. The van der Waals surface area contributed by atoms with Crippen LogP contribution in [0.2, 0.25) is 0 Å². The molecule has 0 radical (unpaired) electrons. The lowest BCUT2D eigenvalue weighted by Crippen LogP contribution is -2.35. The van der Waals surface area contributed by atoms with E-state index in [1.807, 2.05) is 53.9 Å². The molecule has 4 rings (SSSR count). The molecule has 1 fully saturated rings. The molecule has 1 N–H and O–H groups in total. The lowest BCUT2D eigenvalue weighted by atomic mass is 10.2. The number of carboxylic acids is 1. The van der Waals surface area contributed by atoms with Crippen molar-refractivity contribution in [3.05, 3.63) is 60.1 Å². The van der Waals surface area contributed by atoms with Gasteiger partial charge in [-0.3, -0.25) is 9.69 Å². The third kappa shape index (κ3) is 6.06. The number of aromatic nitrogens is 1. The van der Waals surface area contributed by atoms with Gasteiger partial charge >= 0.3 is 5.97 Å². The second-order valence-electron chi connectivity index (χ2n) is 7.58. The van der Waals surface area contributed by atoms with Crippen LogP contribution >= 0.6 is 11.3 Å². The van der Waals surface area contributed by atoms with Crippen molar-refractivity contribution in [2.45, 2.75) is 31.7 Å². The van der Waals surface area contributed by atoms with E-state index in [1.165, 1.54) is 0 Å². The largest absolute Gasteiger partial charge is 0.492 e. The number of nitrogens with zero attached hydrogens (tertiary/aromatic N) is 2. The predicted octanol–water partition coefficient (Wildman–Crippen LogP) is 5.31. The maximum Gasteiger partial charge on any atom is 0.303 e. The summed E-state index contributed by atoms with van der Waals surface area (Å²) in [7, 11) is 0. The summed E-state index contributed by atoms with van der Waals surface area (Å²) in [4.78, 5) is 17.4. The van der Waals surface area contributed by atoms with Crippen molar-refractivity contribution in [3.63, 3.8) is 0 Å². The molecule has 0 amide bonds. The van der Waals surface area contributed by atoms with Crippen molar-refractivity contribution in [1.29, 1.82) is 0 Å². The van der Waals surface area contributed by atoms with Gasteiger partial charge in [0.05, 0.1) is 0 Å². The molecular formula is C24H26N2O4S. The molecule has 0 aliphatic carbocycles. The van der Waals surface area contributed by atoms with E-state index in [4.69, 9.17) is 14.6 Å². The van der Waals surface area contributed by atoms with Gasteiger partial charge in [0.15, 0.2) is 0 Å². The van der Waals surface area contributed by atoms with Crippen molar-refractivity contribution in [3.8, 4) is 27.8 Å². The summed E-state index contributed by atoms with van der Waals surface area (Å²) in [5.74, 6) is 1.61. The molecule has 0 saturated carbocycles. The van der Waals surface area contributed by atoms with Gasteiger partial charge in [-0.2, -0.15) is 0 Å². The third-order valence-corrected chi connectivity index (χ3v) is 6.19. The summed E-state index contributed by atoms with van der Waals surface area (Å²) in [5.41, 5.74) is 1.08. The number of thiazole rings is 1. The Hall–Kier alpha value is -2.90. The molecule has 2 heterocycles. The monoisotopic (exact) mass is 438 g/mol. The lowest BCUT2D eigenvalue weighted by molar-refractivity contribution is -0.137. The smallest absolute Gasteiger partial charge is 0.303 e. The molecule has 1 aromatic heterocycles. The van der Waals surface area contributed by atoms with Gasteiger partial charge < -0.3 is 14.6 Å². The van der Waals surface area contributed by atoms with Gasteiger partial charge in [-0.15, -0.1) is 11.3 Å². The number of carbonyl (C=O) groups is 1. The van der Waals surface area contributed by atoms with Crippen molar-refractivity contribution in [2.24, 2.45) is 0 Å². The zero-order valence-electron chi connectivity index (χ0n) is 17.3. The minimum atomic E-state index is -0.732. The molecule has 2 aromatic carbocycles. The normalized spacial score (nSPS) is 16.3. The average molecular weight is 439 g/mol. The highest BCUT2D eigenvalue weighted by Crippen LogP contribution is 2.28. The Morgan fingerprint density at radius 2 is 1.81 bits per heavy atom. The molecule has 0 unspecified atom stereocenters. The second kappa shape index (κ2) is 10.4. The number of hydrogen-bond acceptors (Lipinski definition) is 6. The zero-order chi connectivity index (χ0) is 21.5. The number of likely N-dealkylation sites (tertiary alicyclic amines) is 1. The molecule has 7 heteroatoms. The first-order valence-electron chi connectivity index (χ1n) is 10.5. The average Bonchev–Trinajstić information content (AvgIpc) is 3.46. The fourth-order valence-electron chi connectivity index (χ4n) is 3.78. The Labute approximate surface area is 186 Å². The number of benzene rings is 2. The van der Waals surface area contributed by atoms with Crippen LogP contribution in [0.4, 0.5) is 0 Å². The van der Waals surface area contributed by atoms with Crippen molar-refractivity contribution in [2.75, 3.05) is 19.7 Å². The summed E-state index contributed by atoms with van der Waals surface area (Å²) in [5, 5.41) is 11.8. The van der Waals surface area contributed by atoms with Crippen LogP contribution < -0.4 is 9.47 Å². The van der Waals surface area contributed by atoms with Gasteiger partial charge in [-0.25, -0.2) is 4.98 Å². The van der Waals surface area contributed by atoms with E-state index in [1.54, 1.807) is 17.5 Å². The predicted molar refractivity (Wildman–Crippen MR) is 121 cm³/mol. The molecule has 1 aliphatic rings. The highest BCUT2D eigenvalue weighted by Gasteiger charge is 2.24. The van der Waals surface area contributed by atoms with E-state index >= 15 is 0 Å². The maximum absolute atomic E-state index is 10.7. The lowest BCUT2D eigenvalue weighted by Gasteiger charge is -2.24. The Balaban J connectivity index is 1.26. The highest BCUT2D eigenvalue weighted by molar-refractivity contribution is 7.13. The minimum Gasteiger partial charge on any atom is -0.492 e. The summed E-state index contributed by atoms with van der Waals surface area (Å²) in [6.07, 6.45) is 4.93. The van der Waals surface area contributed by atoms with E-state index in [0.717, 1.165) is 53.8 Å². The number of carboxylic acid groups (broad SMARTS) is 1. The quantitative estimate of drug-likeness (QED) is 0.462. The van der Waals surface area contributed by atoms with E-state index in [0.29, 0.717) is 19.1 Å². The molecule has 31 heavy (non-hydrogen) atoms. The maximum atomic E-state index is 10.7. The van der Waals surface area contributed by atoms with Crippen LogP contribution in [-0.2, 0) is 4.79 Å². The van der Waals surface area contributed by atoms with Gasteiger partial charge in [0.25, 0.3) is 0 Å². The van der Waals surface area contributed by atoms with Gasteiger partial charge in [-0.1, -0.05) is 0 Å². The summed E-state index contributed by atoms with van der Waals surface area (Å²) < 4.78 is 11.9. The molecule has 6 nitrogen and oxygen atoms in total. The Kier molecular flexibility index (Phi) is 7.17. The topological polar surface area (TPSA) is 71.9 Å². The van der Waals surface area contributed by atoms with E-state index in [-0.39, 0.29) is 6.42 Å². The fourth-order valence-corrected chi connectivity index (χ4v) is 4.42. The Bertz CT molecular complexity index is 958. The summed E-state index contributed by atoms with van der Waals surface area (Å²) in [6.45, 7) is 2.45. The number of ether oxygens (including phenoxy) is 2. The molecule has 3 aromatic rings. The van der Waals surface area contributed by atoms with Crippen molar-refractivity contribution in [1.82, 2.24) is 9.88 Å². The first-order valence-corrected chi connectivity index (χ1v) is 11.4. The van der Waals surface area contributed by atoms with Crippen LogP contribution in [0, 0.1) is 0 Å². The van der Waals surface area contributed by atoms with Gasteiger partial charge in [0.1, 0.15) is 28.9 Å². The SMILES string of the molecule is O=C(O)CCCN1CCC[C@@H]1COc1ccc(Oc2ccc(-c3nccs3)cc2)cc1. The fraction of sp³-hybridized carbons (Fsp3) is 0.333. The first kappa shape index (κ1) is 21.3. The molecule has 0 bridgehead atoms. The number of hydrogen-bond donors (Lipinski definition) is 1. The van der Waals surface area contributed by atoms with Crippen LogP contribution in [0.1, 0.15) is 25.7 Å². The standard InChI is InChI=1S/C24H26N2O4S/c27-23(28)4-2-15-26-14-1-3-19(26)17-29-20-9-11-22(12-10-20)30-21-7-5-18(6-8-21)24-25-13-16-31-24/h5-13,16,19H,1-4,14-15,17H2,(H,27,28)/t19-/m1/s1. The Morgan fingerprint density at radius 1 is 1.10 bits per heavy atom. The van der Waals surface area contributed by atoms with Crippen LogP contribution in [0.3, 0.4) is 0 Å². The zero-order valence-corrected chi connectivity index (χ0v) is 18.1. The first-order chi connectivity index (χ1) is 15.2. The van der Waals surface area contributed by atoms with Crippen molar-refractivity contribution < 1.29 is 19.4 Å². The van der Waals surface area contributed by atoms with Crippen LogP contribution in [0.5, 0.6) is 17.2 Å². The van der Waals surface area contributed by atoms with Crippen LogP contribution in [-0.4, -0.2) is 46.7 Å². The Morgan fingerprint density at radius 3 is 2.48 bits per heavy atom. The number of aliphatic carboxylic acids is 1. The molecular weight excluding hydrogens is 412 g/mol. The summed E-state index contributed by atoms with van der Waals surface area (Å²) >= 11 is 1.61. The molecule has 1 aliphatic heterocycles. The molecule has 1 saturated heterocycles. The van der Waals surface area contributed by atoms with E-state index in [9.17, 15) is 4.79 Å². The van der Waals surface area contributed by atoms with Gasteiger partial charge in [0.2, 0.25) is 0 Å². The minimum absolute atomic E-state index is 0.221. The van der Waals surface area contributed by atoms with Gasteiger partial charge in [0, 0.05) is 29.6 Å². The van der Waals surface area contributed by atoms with Gasteiger partial charge in [-0.05, 0) is 80.9 Å². The third-order valence-electron chi connectivity index (χ3n) is 5.37. The number of rotatable bonds is 10. The van der Waals surface area contributed by atoms with E-state index in [2.05, 4.69) is 9.88 Å². The molecule has 1 atom stereocenters.